The molecule has 1 unspecified atom stereocenters. The Balaban J connectivity index is 0.00000261. The first kappa shape index (κ1) is 20.8. The number of nitrogens with one attached hydrogen (secondary N) is 1. The second-order valence-electron chi connectivity index (χ2n) is 6.89. The molecule has 1 aliphatic heterocycles. The number of nitrogens with zero attached hydrogens (tertiary/aromatic N) is 1. The van der Waals surface area contributed by atoms with Gasteiger partial charge in [-0.05, 0) is 68.1 Å². The van der Waals surface area contributed by atoms with Gasteiger partial charge in [-0.1, -0.05) is 12.1 Å². The van der Waals surface area contributed by atoms with Gasteiger partial charge in [-0.2, -0.15) is 0 Å². The van der Waals surface area contributed by atoms with Crippen molar-refractivity contribution in [1.29, 1.82) is 0 Å². The van der Waals surface area contributed by atoms with Gasteiger partial charge in [0.05, 0.1) is 6.42 Å². The molecule has 1 aliphatic rings. The fourth-order valence-corrected chi connectivity index (χ4v) is 3.29. The molecule has 2 aromatic carbocycles. The summed E-state index contributed by atoms with van der Waals surface area (Å²) in [5, 5.41) is 2.86. The molecule has 2 aromatic rings. The van der Waals surface area contributed by atoms with E-state index in [-0.39, 0.29) is 36.7 Å². The van der Waals surface area contributed by atoms with Crippen LogP contribution < -0.4 is 11.1 Å². The summed E-state index contributed by atoms with van der Waals surface area (Å²) in [6.07, 6.45) is 3.59. The Bertz CT molecular complexity index is 775. The maximum atomic E-state index is 12.6. The van der Waals surface area contributed by atoms with Crippen molar-refractivity contribution >= 4 is 35.6 Å². The molecule has 0 spiro atoms. The van der Waals surface area contributed by atoms with Crippen molar-refractivity contribution in [3.8, 4) is 0 Å². The number of amides is 2. The van der Waals surface area contributed by atoms with Crippen LogP contribution in [-0.2, 0) is 11.2 Å². The molecule has 0 radical (unpaired) electrons. The number of carbonyl (C=O) groups is 2. The highest BCUT2D eigenvalue weighted by atomic mass is 35.5. The fraction of sp³-hybridized carbons (Fsp3) is 0.333. The maximum absolute atomic E-state index is 12.6. The van der Waals surface area contributed by atoms with Crippen LogP contribution in [0.5, 0.6) is 0 Å². The molecular weight excluding hydrogens is 362 g/mol. The first-order valence-corrected chi connectivity index (χ1v) is 9.08. The summed E-state index contributed by atoms with van der Waals surface area (Å²) in [6.45, 7) is 2.92. The number of hydrogen-bond donors (Lipinski definition) is 2. The molecular formula is C21H26ClN3O2. The SMILES string of the molecule is CC1CCCCN1C(=O)c1ccc(NC(=O)Cc2ccc(N)cc2)cc1.Cl. The number of benzene rings is 2. The van der Waals surface area contributed by atoms with E-state index in [1.54, 1.807) is 36.4 Å². The molecule has 3 rings (SSSR count). The zero-order valence-electron chi connectivity index (χ0n) is 15.5. The highest BCUT2D eigenvalue weighted by Crippen LogP contribution is 2.20. The Hall–Kier alpha value is -2.53. The van der Waals surface area contributed by atoms with Gasteiger partial charge in [0, 0.05) is 29.5 Å². The molecule has 0 aliphatic carbocycles. The Labute approximate surface area is 166 Å². The van der Waals surface area contributed by atoms with E-state index in [9.17, 15) is 9.59 Å². The van der Waals surface area contributed by atoms with Crippen LogP contribution in [-0.4, -0.2) is 29.3 Å². The Kier molecular flexibility index (Phi) is 7.25. The average Bonchev–Trinajstić information content (AvgIpc) is 2.64. The molecule has 1 fully saturated rings. The topological polar surface area (TPSA) is 75.4 Å². The standard InChI is InChI=1S/C21H25N3O2.ClH/c1-15-4-2-3-13-24(15)21(26)17-7-11-19(12-8-17)23-20(25)14-16-5-9-18(22)10-6-16;/h5-12,15H,2-4,13-14,22H2,1H3,(H,23,25);1H. The summed E-state index contributed by atoms with van der Waals surface area (Å²) < 4.78 is 0. The summed E-state index contributed by atoms with van der Waals surface area (Å²) in [7, 11) is 0. The molecule has 2 amide bonds. The van der Waals surface area contributed by atoms with Crippen molar-refractivity contribution in [1.82, 2.24) is 4.90 Å². The molecule has 1 heterocycles. The lowest BCUT2D eigenvalue weighted by Gasteiger charge is -2.33. The van der Waals surface area contributed by atoms with E-state index in [4.69, 9.17) is 5.73 Å². The summed E-state index contributed by atoms with van der Waals surface area (Å²) in [6, 6.07) is 14.7. The third kappa shape index (κ3) is 5.47. The quantitative estimate of drug-likeness (QED) is 0.781. The number of carbonyl (C=O) groups excluding carboxylic acids is 2. The van der Waals surface area contributed by atoms with Crippen molar-refractivity contribution in [3.63, 3.8) is 0 Å². The van der Waals surface area contributed by atoms with Crippen LogP contribution in [0, 0.1) is 0 Å². The van der Waals surface area contributed by atoms with Gasteiger partial charge in [-0.15, -0.1) is 12.4 Å². The minimum atomic E-state index is -0.0986. The second-order valence-corrected chi connectivity index (χ2v) is 6.89. The van der Waals surface area contributed by atoms with E-state index >= 15 is 0 Å². The van der Waals surface area contributed by atoms with E-state index < -0.39 is 0 Å². The summed E-state index contributed by atoms with van der Waals surface area (Å²) in [5.41, 5.74) is 8.58. The summed E-state index contributed by atoms with van der Waals surface area (Å²) >= 11 is 0. The molecule has 0 saturated carbocycles. The van der Waals surface area contributed by atoms with Gasteiger partial charge in [-0.3, -0.25) is 9.59 Å². The molecule has 0 bridgehead atoms. The molecule has 5 nitrogen and oxygen atoms in total. The fourth-order valence-electron chi connectivity index (χ4n) is 3.29. The van der Waals surface area contributed by atoms with Crippen LogP contribution in [0.15, 0.2) is 48.5 Å². The minimum absolute atomic E-state index is 0. The summed E-state index contributed by atoms with van der Waals surface area (Å²) in [4.78, 5) is 26.7. The Morgan fingerprint density at radius 2 is 1.74 bits per heavy atom. The molecule has 27 heavy (non-hydrogen) atoms. The lowest BCUT2D eigenvalue weighted by molar-refractivity contribution is -0.115. The molecule has 1 atom stereocenters. The van der Waals surface area contributed by atoms with Crippen molar-refractivity contribution in [2.75, 3.05) is 17.6 Å². The smallest absolute Gasteiger partial charge is 0.254 e. The number of nitrogen functional groups attached to an aromatic ring is 1. The van der Waals surface area contributed by atoms with Crippen LogP contribution in [0.1, 0.15) is 42.1 Å². The minimum Gasteiger partial charge on any atom is -0.399 e. The third-order valence-electron chi connectivity index (χ3n) is 4.82. The predicted molar refractivity (Wildman–Crippen MR) is 111 cm³/mol. The number of anilines is 2. The van der Waals surface area contributed by atoms with Crippen LogP contribution in [0.3, 0.4) is 0 Å². The monoisotopic (exact) mass is 387 g/mol. The van der Waals surface area contributed by atoms with Gasteiger partial charge >= 0.3 is 0 Å². The van der Waals surface area contributed by atoms with Crippen molar-refractivity contribution in [3.05, 3.63) is 59.7 Å². The number of nitrogens with two attached hydrogens (primary N) is 1. The van der Waals surface area contributed by atoms with E-state index in [2.05, 4.69) is 12.2 Å². The van der Waals surface area contributed by atoms with Crippen LogP contribution in [0.2, 0.25) is 0 Å². The Morgan fingerprint density at radius 3 is 2.37 bits per heavy atom. The normalized spacial score (nSPS) is 16.3. The first-order chi connectivity index (χ1) is 12.5. The van der Waals surface area contributed by atoms with E-state index in [0.717, 1.165) is 24.9 Å². The number of hydrogen-bond acceptors (Lipinski definition) is 3. The first-order valence-electron chi connectivity index (χ1n) is 9.08. The number of rotatable bonds is 4. The van der Waals surface area contributed by atoms with Gasteiger partial charge in [-0.25, -0.2) is 0 Å². The second kappa shape index (κ2) is 9.42. The van der Waals surface area contributed by atoms with Crippen LogP contribution in [0.25, 0.3) is 0 Å². The van der Waals surface area contributed by atoms with E-state index in [1.807, 2.05) is 17.0 Å². The molecule has 3 N–H and O–H groups in total. The Morgan fingerprint density at radius 1 is 1.07 bits per heavy atom. The lowest BCUT2D eigenvalue weighted by atomic mass is 10.0. The van der Waals surface area contributed by atoms with Crippen molar-refractivity contribution < 1.29 is 9.59 Å². The van der Waals surface area contributed by atoms with Gasteiger partial charge < -0.3 is 16.0 Å². The van der Waals surface area contributed by atoms with Crippen LogP contribution >= 0.6 is 12.4 Å². The van der Waals surface area contributed by atoms with Gasteiger partial charge in [0.2, 0.25) is 5.91 Å². The molecule has 0 aromatic heterocycles. The number of halogens is 1. The van der Waals surface area contributed by atoms with Gasteiger partial charge in [0.25, 0.3) is 5.91 Å². The van der Waals surface area contributed by atoms with E-state index in [1.165, 1.54) is 6.42 Å². The zero-order valence-corrected chi connectivity index (χ0v) is 16.3. The molecule has 1 saturated heterocycles. The molecule has 6 heteroatoms. The summed E-state index contributed by atoms with van der Waals surface area (Å²) in [5.74, 6) is -0.0320. The van der Waals surface area contributed by atoms with Crippen molar-refractivity contribution in [2.45, 2.75) is 38.6 Å². The van der Waals surface area contributed by atoms with Crippen molar-refractivity contribution in [2.24, 2.45) is 0 Å². The third-order valence-corrected chi connectivity index (χ3v) is 4.82. The van der Waals surface area contributed by atoms with E-state index in [0.29, 0.717) is 16.9 Å². The van der Waals surface area contributed by atoms with Crippen LogP contribution in [0.4, 0.5) is 11.4 Å². The zero-order chi connectivity index (χ0) is 18.5. The highest BCUT2D eigenvalue weighted by molar-refractivity contribution is 5.96. The maximum Gasteiger partial charge on any atom is 0.254 e. The average molecular weight is 388 g/mol. The predicted octanol–water partition coefficient (Wildman–Crippen LogP) is 3.89. The lowest BCUT2D eigenvalue weighted by Crippen LogP contribution is -2.42. The van der Waals surface area contributed by atoms with Gasteiger partial charge in [0.15, 0.2) is 0 Å². The van der Waals surface area contributed by atoms with Gasteiger partial charge in [0.1, 0.15) is 0 Å². The largest absolute Gasteiger partial charge is 0.399 e. The number of piperidine rings is 1. The number of likely N-dealkylation sites (tertiary alicyclic amines) is 1. The molecule has 144 valence electrons. The highest BCUT2D eigenvalue weighted by Gasteiger charge is 2.24.